The maximum absolute atomic E-state index is 13.0. The molecule has 1 aromatic carbocycles. The molecule has 0 aliphatic rings. The van der Waals surface area contributed by atoms with Crippen LogP contribution in [0.1, 0.15) is 25.8 Å². The van der Waals surface area contributed by atoms with Crippen LogP contribution in [0.25, 0.3) is 11.4 Å². The van der Waals surface area contributed by atoms with Crippen molar-refractivity contribution in [3.8, 4) is 11.4 Å². The largest absolute Gasteiger partial charge is 0.337 e. The first-order chi connectivity index (χ1) is 8.61. The van der Waals surface area contributed by atoms with Crippen LogP contribution in [0.2, 0.25) is 5.02 Å². The molecule has 0 bridgehead atoms. The van der Waals surface area contributed by atoms with E-state index in [4.69, 9.17) is 16.1 Å². The van der Waals surface area contributed by atoms with E-state index in [0.717, 1.165) is 6.54 Å². The van der Waals surface area contributed by atoms with E-state index in [1.165, 1.54) is 12.1 Å². The Morgan fingerprint density at radius 1 is 1.50 bits per heavy atom. The van der Waals surface area contributed by atoms with Gasteiger partial charge in [-0.3, -0.25) is 0 Å². The highest BCUT2D eigenvalue weighted by atomic mass is 35.5. The summed E-state index contributed by atoms with van der Waals surface area (Å²) >= 11 is 5.71. The van der Waals surface area contributed by atoms with E-state index in [-0.39, 0.29) is 11.1 Å². The molecule has 4 nitrogen and oxygen atoms in total. The number of nitrogens with zero attached hydrogens (tertiary/aromatic N) is 2. The lowest BCUT2D eigenvalue weighted by molar-refractivity contribution is 0.342. The van der Waals surface area contributed by atoms with Crippen LogP contribution in [0.3, 0.4) is 0 Å². The van der Waals surface area contributed by atoms with Gasteiger partial charge >= 0.3 is 0 Å². The van der Waals surface area contributed by atoms with Crippen molar-refractivity contribution in [2.24, 2.45) is 0 Å². The Bertz CT molecular complexity index is 544. The lowest BCUT2D eigenvalue weighted by Gasteiger charge is -2.05. The average molecular weight is 270 g/mol. The van der Waals surface area contributed by atoms with Crippen molar-refractivity contribution in [2.75, 3.05) is 6.54 Å². The Balaban J connectivity index is 2.26. The molecular formula is C12H13ClFN3O. The number of nitrogens with one attached hydrogen (secondary N) is 1. The van der Waals surface area contributed by atoms with Crippen LogP contribution >= 0.6 is 11.6 Å². The summed E-state index contributed by atoms with van der Waals surface area (Å²) in [5.74, 6) is 0.425. The van der Waals surface area contributed by atoms with Gasteiger partial charge < -0.3 is 9.84 Å². The van der Waals surface area contributed by atoms with Gasteiger partial charge in [-0.1, -0.05) is 23.7 Å². The van der Waals surface area contributed by atoms with E-state index in [1.807, 2.05) is 13.8 Å². The fraction of sp³-hybridized carbons (Fsp3) is 0.333. The third kappa shape index (κ3) is 2.68. The monoisotopic (exact) mass is 269 g/mol. The molecule has 1 N–H and O–H groups in total. The molecule has 0 spiro atoms. The molecule has 0 amide bonds. The summed E-state index contributed by atoms with van der Waals surface area (Å²) in [7, 11) is 0. The minimum absolute atomic E-state index is 0.0211. The molecule has 0 fully saturated rings. The Morgan fingerprint density at radius 3 is 2.94 bits per heavy atom. The molecule has 0 aliphatic carbocycles. The molecule has 0 saturated heterocycles. The fourth-order valence-electron chi connectivity index (χ4n) is 1.56. The van der Waals surface area contributed by atoms with Crippen molar-refractivity contribution in [2.45, 2.75) is 19.9 Å². The Labute approximate surface area is 109 Å². The summed E-state index contributed by atoms with van der Waals surface area (Å²) in [6, 6.07) is 4.30. The highest BCUT2D eigenvalue weighted by molar-refractivity contribution is 6.31. The van der Waals surface area contributed by atoms with Gasteiger partial charge in [0.05, 0.1) is 11.1 Å². The summed E-state index contributed by atoms with van der Waals surface area (Å²) in [6.45, 7) is 4.73. The highest BCUT2D eigenvalue weighted by Gasteiger charge is 2.14. The maximum atomic E-state index is 13.0. The van der Waals surface area contributed by atoms with Crippen LogP contribution in [0.4, 0.5) is 4.39 Å². The summed E-state index contributed by atoms with van der Waals surface area (Å²) in [4.78, 5) is 4.25. The smallest absolute Gasteiger partial charge is 0.243 e. The fourth-order valence-corrected chi connectivity index (χ4v) is 1.74. The van der Waals surface area contributed by atoms with Gasteiger partial charge in [-0.2, -0.15) is 4.98 Å². The zero-order chi connectivity index (χ0) is 13.1. The van der Waals surface area contributed by atoms with Crippen LogP contribution in [0.5, 0.6) is 0 Å². The molecule has 1 atom stereocenters. The molecule has 96 valence electrons. The van der Waals surface area contributed by atoms with E-state index in [9.17, 15) is 4.39 Å². The molecule has 6 heteroatoms. The number of benzene rings is 1. The van der Waals surface area contributed by atoms with E-state index >= 15 is 0 Å². The summed E-state index contributed by atoms with van der Waals surface area (Å²) in [5, 5.41) is 7.06. The number of hydrogen-bond donors (Lipinski definition) is 1. The van der Waals surface area contributed by atoms with Crippen molar-refractivity contribution >= 4 is 11.6 Å². The van der Waals surface area contributed by atoms with Crippen LogP contribution in [-0.2, 0) is 0 Å². The van der Waals surface area contributed by atoms with Gasteiger partial charge in [0, 0.05) is 5.56 Å². The second-order valence-corrected chi connectivity index (χ2v) is 4.27. The van der Waals surface area contributed by atoms with Gasteiger partial charge in [-0.25, -0.2) is 4.39 Å². The second kappa shape index (κ2) is 5.46. The third-order valence-corrected chi connectivity index (χ3v) is 2.79. The van der Waals surface area contributed by atoms with Crippen LogP contribution in [0.15, 0.2) is 22.7 Å². The van der Waals surface area contributed by atoms with E-state index in [0.29, 0.717) is 17.3 Å². The predicted molar refractivity (Wildman–Crippen MR) is 66.8 cm³/mol. The Hall–Kier alpha value is -1.46. The number of aromatic nitrogens is 2. The maximum Gasteiger partial charge on any atom is 0.243 e. The van der Waals surface area contributed by atoms with Crippen molar-refractivity contribution in [3.63, 3.8) is 0 Å². The Kier molecular flexibility index (Phi) is 3.93. The molecule has 0 radical (unpaired) electrons. The first-order valence-electron chi connectivity index (χ1n) is 5.64. The van der Waals surface area contributed by atoms with Crippen molar-refractivity contribution in [1.82, 2.24) is 15.5 Å². The van der Waals surface area contributed by atoms with Crippen molar-refractivity contribution in [3.05, 3.63) is 34.9 Å². The molecule has 1 heterocycles. The predicted octanol–water partition coefficient (Wildman–Crippen LogP) is 3.20. The molecule has 1 aromatic heterocycles. The zero-order valence-electron chi connectivity index (χ0n) is 10.1. The first-order valence-corrected chi connectivity index (χ1v) is 6.02. The third-order valence-electron chi connectivity index (χ3n) is 2.50. The van der Waals surface area contributed by atoms with E-state index in [2.05, 4.69) is 15.5 Å². The molecule has 0 aliphatic heterocycles. The minimum atomic E-state index is -0.467. The quantitative estimate of drug-likeness (QED) is 0.926. The number of hydrogen-bond acceptors (Lipinski definition) is 4. The zero-order valence-corrected chi connectivity index (χ0v) is 10.8. The number of rotatable bonds is 4. The van der Waals surface area contributed by atoms with Crippen LogP contribution in [-0.4, -0.2) is 16.7 Å². The van der Waals surface area contributed by atoms with Gasteiger partial charge in [-0.05, 0) is 31.7 Å². The van der Waals surface area contributed by atoms with E-state index < -0.39 is 5.82 Å². The SMILES string of the molecule is CCNC(C)c1nc(-c2ccc(F)c(Cl)c2)no1. The highest BCUT2D eigenvalue weighted by Crippen LogP contribution is 2.23. The summed E-state index contributed by atoms with van der Waals surface area (Å²) in [6.07, 6.45) is 0. The average Bonchev–Trinajstić information content (AvgIpc) is 2.82. The van der Waals surface area contributed by atoms with Gasteiger partial charge in [0.25, 0.3) is 0 Å². The van der Waals surface area contributed by atoms with Gasteiger partial charge in [0.1, 0.15) is 5.82 Å². The van der Waals surface area contributed by atoms with Crippen molar-refractivity contribution < 1.29 is 8.91 Å². The van der Waals surface area contributed by atoms with E-state index in [1.54, 1.807) is 6.07 Å². The molecule has 2 aromatic rings. The standard InChI is InChI=1S/C12H13ClFN3O/c1-3-15-7(2)12-16-11(17-18-12)8-4-5-10(14)9(13)6-8/h4-7,15H,3H2,1-2H3. The molecule has 18 heavy (non-hydrogen) atoms. The summed E-state index contributed by atoms with van der Waals surface area (Å²) in [5.41, 5.74) is 0.625. The van der Waals surface area contributed by atoms with Crippen LogP contribution < -0.4 is 5.32 Å². The Morgan fingerprint density at radius 2 is 2.28 bits per heavy atom. The lowest BCUT2D eigenvalue weighted by atomic mass is 10.2. The van der Waals surface area contributed by atoms with Crippen molar-refractivity contribution in [1.29, 1.82) is 0 Å². The summed E-state index contributed by atoms with van der Waals surface area (Å²) < 4.78 is 18.2. The molecular weight excluding hydrogens is 257 g/mol. The topological polar surface area (TPSA) is 51.0 Å². The first kappa shape index (κ1) is 13.0. The van der Waals surface area contributed by atoms with Gasteiger partial charge in [-0.15, -0.1) is 0 Å². The normalized spacial score (nSPS) is 12.7. The minimum Gasteiger partial charge on any atom is -0.337 e. The second-order valence-electron chi connectivity index (χ2n) is 3.86. The number of halogens is 2. The molecule has 0 saturated carbocycles. The molecule has 2 rings (SSSR count). The van der Waals surface area contributed by atoms with Gasteiger partial charge in [0.15, 0.2) is 0 Å². The van der Waals surface area contributed by atoms with Gasteiger partial charge in [0.2, 0.25) is 11.7 Å². The lowest BCUT2D eigenvalue weighted by Crippen LogP contribution is -2.17. The molecule has 1 unspecified atom stereocenters. The van der Waals surface area contributed by atoms with Crippen LogP contribution in [0, 0.1) is 5.82 Å².